The van der Waals surface area contributed by atoms with Gasteiger partial charge in [-0.3, -0.25) is 19.2 Å². The van der Waals surface area contributed by atoms with E-state index in [2.05, 4.69) is 16.0 Å². The van der Waals surface area contributed by atoms with Crippen molar-refractivity contribution in [3.8, 4) is 0 Å². The zero-order valence-electron chi connectivity index (χ0n) is 16.8. The van der Waals surface area contributed by atoms with Gasteiger partial charge in [0, 0.05) is 6.42 Å². The molecule has 0 bridgehead atoms. The van der Waals surface area contributed by atoms with Crippen molar-refractivity contribution in [3.63, 3.8) is 0 Å². The molecule has 0 heterocycles. The number of aliphatic hydroxyl groups excluding tert-OH is 1. The molecule has 166 valence electrons. The van der Waals surface area contributed by atoms with Crippen LogP contribution in [0.15, 0.2) is 0 Å². The number of rotatable bonds is 13. The summed E-state index contributed by atoms with van der Waals surface area (Å²) >= 11 is 0. The van der Waals surface area contributed by atoms with E-state index >= 15 is 0 Å². The van der Waals surface area contributed by atoms with Crippen molar-refractivity contribution < 1.29 is 34.2 Å². The summed E-state index contributed by atoms with van der Waals surface area (Å²) in [5, 5.41) is 25.8. The molecule has 0 spiro atoms. The van der Waals surface area contributed by atoms with E-state index in [1.807, 2.05) is 0 Å². The minimum absolute atomic E-state index is 0.00762. The fourth-order valence-electron chi connectivity index (χ4n) is 2.28. The fraction of sp³-hybridized carbons (Fsp3) is 0.706. The first-order valence-electron chi connectivity index (χ1n) is 9.22. The summed E-state index contributed by atoms with van der Waals surface area (Å²) in [7, 11) is 0. The van der Waals surface area contributed by atoms with Gasteiger partial charge in [-0.2, -0.15) is 0 Å². The third-order valence-electron chi connectivity index (χ3n) is 4.32. The van der Waals surface area contributed by atoms with Crippen LogP contribution >= 0.6 is 0 Å². The van der Waals surface area contributed by atoms with Crippen LogP contribution in [0.2, 0.25) is 0 Å². The number of primary amides is 1. The van der Waals surface area contributed by atoms with Crippen molar-refractivity contribution in [2.24, 2.45) is 17.4 Å². The third kappa shape index (κ3) is 9.85. The molecule has 12 nitrogen and oxygen atoms in total. The molecule has 0 aliphatic carbocycles. The Bertz CT molecular complexity index is 611. The van der Waals surface area contributed by atoms with E-state index in [1.165, 1.54) is 6.92 Å². The second kappa shape index (κ2) is 12.7. The summed E-state index contributed by atoms with van der Waals surface area (Å²) in [4.78, 5) is 58.2. The van der Waals surface area contributed by atoms with E-state index < -0.39 is 60.4 Å². The first kappa shape index (κ1) is 26.3. The average Bonchev–Trinajstić information content (AvgIpc) is 2.64. The summed E-state index contributed by atoms with van der Waals surface area (Å²) in [6.07, 6.45) is -0.913. The molecule has 0 aromatic heterocycles. The molecule has 4 amide bonds. The highest BCUT2D eigenvalue weighted by atomic mass is 16.4. The second-order valence-corrected chi connectivity index (χ2v) is 6.83. The van der Waals surface area contributed by atoms with E-state index in [4.69, 9.17) is 11.5 Å². The van der Waals surface area contributed by atoms with Gasteiger partial charge in [-0.25, -0.2) is 4.79 Å². The molecular formula is C17H31N5O7. The Morgan fingerprint density at radius 2 is 1.59 bits per heavy atom. The molecule has 5 unspecified atom stereocenters. The number of amides is 4. The fourth-order valence-corrected chi connectivity index (χ4v) is 2.28. The average molecular weight is 417 g/mol. The number of carboxylic acids is 1. The number of carbonyl (C=O) groups is 5. The molecule has 0 rings (SSSR count). The first-order valence-corrected chi connectivity index (χ1v) is 9.22. The number of aliphatic carboxylic acids is 1. The lowest BCUT2D eigenvalue weighted by Gasteiger charge is -2.25. The predicted octanol–water partition coefficient (Wildman–Crippen LogP) is -2.82. The maximum Gasteiger partial charge on any atom is 0.326 e. The number of carbonyl (C=O) groups excluding carboxylic acids is 4. The molecule has 0 saturated carbocycles. The van der Waals surface area contributed by atoms with Crippen LogP contribution in [0.3, 0.4) is 0 Å². The SMILES string of the molecule is CCC(C)C(NC(=O)C(NC(=O)CNC(=O)C(N)CCC(N)=O)C(C)O)C(=O)O. The Morgan fingerprint density at radius 1 is 1.00 bits per heavy atom. The Balaban J connectivity index is 4.80. The number of aliphatic hydroxyl groups is 1. The van der Waals surface area contributed by atoms with Gasteiger partial charge in [0.05, 0.1) is 18.7 Å². The molecule has 12 heteroatoms. The molecule has 29 heavy (non-hydrogen) atoms. The van der Waals surface area contributed by atoms with Crippen LogP contribution in [-0.4, -0.2) is 70.6 Å². The Hall–Kier alpha value is -2.73. The van der Waals surface area contributed by atoms with Crippen LogP contribution in [0.1, 0.15) is 40.0 Å². The zero-order valence-corrected chi connectivity index (χ0v) is 16.8. The van der Waals surface area contributed by atoms with Gasteiger partial charge in [0.25, 0.3) is 0 Å². The third-order valence-corrected chi connectivity index (χ3v) is 4.32. The smallest absolute Gasteiger partial charge is 0.326 e. The van der Waals surface area contributed by atoms with Gasteiger partial charge in [0.2, 0.25) is 23.6 Å². The molecule has 0 aromatic carbocycles. The highest BCUT2D eigenvalue weighted by molar-refractivity contribution is 5.93. The maximum absolute atomic E-state index is 12.4. The van der Waals surface area contributed by atoms with Gasteiger partial charge in [0.1, 0.15) is 12.1 Å². The molecule has 9 N–H and O–H groups in total. The molecular weight excluding hydrogens is 386 g/mol. The maximum atomic E-state index is 12.4. The number of nitrogens with two attached hydrogens (primary N) is 2. The van der Waals surface area contributed by atoms with Crippen molar-refractivity contribution in [1.29, 1.82) is 0 Å². The topological polar surface area (TPSA) is 214 Å². The molecule has 0 radical (unpaired) electrons. The molecule has 0 fully saturated rings. The van der Waals surface area contributed by atoms with E-state index in [9.17, 15) is 34.2 Å². The predicted molar refractivity (Wildman–Crippen MR) is 102 cm³/mol. The minimum Gasteiger partial charge on any atom is -0.480 e. The molecule has 0 aromatic rings. The monoisotopic (exact) mass is 417 g/mol. The largest absolute Gasteiger partial charge is 0.480 e. The molecule has 0 aliphatic rings. The van der Waals surface area contributed by atoms with E-state index in [1.54, 1.807) is 13.8 Å². The van der Waals surface area contributed by atoms with Crippen molar-refractivity contribution >= 4 is 29.6 Å². The van der Waals surface area contributed by atoms with E-state index in [0.717, 1.165) is 0 Å². The van der Waals surface area contributed by atoms with Crippen LogP contribution in [0.5, 0.6) is 0 Å². The van der Waals surface area contributed by atoms with Crippen molar-refractivity contribution in [1.82, 2.24) is 16.0 Å². The van der Waals surface area contributed by atoms with Crippen LogP contribution < -0.4 is 27.4 Å². The van der Waals surface area contributed by atoms with Crippen LogP contribution in [0.25, 0.3) is 0 Å². The lowest BCUT2D eigenvalue weighted by Crippen LogP contribution is -2.58. The number of hydrogen-bond donors (Lipinski definition) is 7. The summed E-state index contributed by atoms with van der Waals surface area (Å²) in [5.41, 5.74) is 10.5. The Labute approximate surface area is 168 Å². The van der Waals surface area contributed by atoms with Crippen molar-refractivity contribution in [2.75, 3.05) is 6.54 Å². The number of nitrogens with one attached hydrogen (secondary N) is 3. The standard InChI is InChI=1S/C17H31N5O7/c1-4-8(2)13(17(28)29)22-16(27)14(9(3)23)21-12(25)7-20-15(26)10(18)5-6-11(19)24/h8-10,13-14,23H,4-7,18H2,1-3H3,(H2,19,24)(H,20,26)(H,21,25)(H,22,27)(H,28,29). The second-order valence-electron chi connectivity index (χ2n) is 6.83. The lowest BCUT2D eigenvalue weighted by atomic mass is 9.98. The summed E-state index contributed by atoms with van der Waals surface area (Å²) in [5.74, 6) is -4.58. The van der Waals surface area contributed by atoms with E-state index in [-0.39, 0.29) is 18.8 Å². The van der Waals surface area contributed by atoms with Gasteiger partial charge in [0.15, 0.2) is 0 Å². The Kier molecular flexibility index (Phi) is 11.5. The highest BCUT2D eigenvalue weighted by Crippen LogP contribution is 2.08. The van der Waals surface area contributed by atoms with E-state index in [0.29, 0.717) is 6.42 Å². The molecule has 5 atom stereocenters. The van der Waals surface area contributed by atoms with Crippen molar-refractivity contribution in [2.45, 2.75) is 64.3 Å². The summed E-state index contributed by atoms with van der Waals surface area (Å²) in [6, 6.07) is -3.65. The van der Waals surface area contributed by atoms with Gasteiger partial charge in [-0.1, -0.05) is 20.3 Å². The van der Waals surface area contributed by atoms with Gasteiger partial charge in [-0.15, -0.1) is 0 Å². The minimum atomic E-state index is -1.42. The molecule has 0 saturated heterocycles. The number of carboxylic acid groups (broad SMARTS) is 1. The van der Waals surface area contributed by atoms with Gasteiger partial charge in [-0.05, 0) is 19.3 Å². The quantitative estimate of drug-likeness (QED) is 0.165. The van der Waals surface area contributed by atoms with Crippen LogP contribution in [0, 0.1) is 5.92 Å². The lowest BCUT2D eigenvalue weighted by molar-refractivity contribution is -0.144. The zero-order chi connectivity index (χ0) is 22.7. The van der Waals surface area contributed by atoms with Crippen molar-refractivity contribution in [3.05, 3.63) is 0 Å². The normalized spacial score (nSPS) is 15.9. The summed E-state index contributed by atoms with van der Waals surface area (Å²) < 4.78 is 0. The van der Waals surface area contributed by atoms with Crippen LogP contribution in [0.4, 0.5) is 0 Å². The molecule has 0 aliphatic heterocycles. The summed E-state index contributed by atoms with van der Waals surface area (Å²) in [6.45, 7) is 4.12. The number of hydrogen-bond acceptors (Lipinski definition) is 7. The highest BCUT2D eigenvalue weighted by Gasteiger charge is 2.31. The van der Waals surface area contributed by atoms with Gasteiger partial charge < -0.3 is 37.6 Å². The Morgan fingerprint density at radius 3 is 2.03 bits per heavy atom. The first-order chi connectivity index (χ1) is 13.4. The van der Waals surface area contributed by atoms with Gasteiger partial charge >= 0.3 is 5.97 Å². The van der Waals surface area contributed by atoms with Crippen LogP contribution in [-0.2, 0) is 24.0 Å².